The van der Waals surface area contributed by atoms with Gasteiger partial charge in [0.15, 0.2) is 5.82 Å². The molecule has 0 saturated carbocycles. The van der Waals surface area contributed by atoms with Gasteiger partial charge >= 0.3 is 0 Å². The first-order valence-electron chi connectivity index (χ1n) is 5.62. The molecule has 2 aromatic rings. The van der Waals surface area contributed by atoms with Gasteiger partial charge in [0.2, 0.25) is 0 Å². The quantitative estimate of drug-likeness (QED) is 0.835. The predicted octanol–water partition coefficient (Wildman–Crippen LogP) is 0.526. The van der Waals surface area contributed by atoms with Crippen LogP contribution in [0.15, 0.2) is 16.8 Å². The fourth-order valence-electron chi connectivity index (χ4n) is 1.58. The molecule has 0 fully saturated rings. The molecular formula is C11H13ClN4O3. The third-order valence-corrected chi connectivity index (χ3v) is 2.69. The Bertz CT molecular complexity index is 578. The summed E-state index contributed by atoms with van der Waals surface area (Å²) in [5.41, 5.74) is 0.481. The van der Waals surface area contributed by atoms with Crippen molar-refractivity contribution in [2.75, 3.05) is 6.54 Å². The van der Waals surface area contributed by atoms with Gasteiger partial charge in [-0.15, -0.1) is 0 Å². The van der Waals surface area contributed by atoms with Gasteiger partial charge in [0.05, 0.1) is 5.02 Å². The lowest BCUT2D eigenvalue weighted by Gasteiger charge is -2.04. The number of amides is 1. The predicted molar refractivity (Wildman–Crippen MR) is 66.7 cm³/mol. The minimum Gasteiger partial charge on any atom is -0.387 e. The van der Waals surface area contributed by atoms with E-state index in [4.69, 9.17) is 21.2 Å². The first-order chi connectivity index (χ1) is 9.10. The van der Waals surface area contributed by atoms with Crippen molar-refractivity contribution in [3.05, 3.63) is 34.7 Å². The van der Waals surface area contributed by atoms with Crippen molar-refractivity contribution in [1.29, 1.82) is 0 Å². The first-order valence-corrected chi connectivity index (χ1v) is 6.00. The Hall–Kier alpha value is -1.86. The van der Waals surface area contributed by atoms with E-state index in [1.807, 2.05) is 0 Å². The molecule has 0 bridgehead atoms. The van der Waals surface area contributed by atoms with Gasteiger partial charge in [-0.05, 0) is 6.07 Å². The largest absolute Gasteiger partial charge is 0.387 e. The number of rotatable bonds is 5. The highest BCUT2D eigenvalue weighted by molar-refractivity contribution is 6.31. The van der Waals surface area contributed by atoms with Crippen LogP contribution in [-0.2, 0) is 20.1 Å². The standard InChI is InChI=1S/C11H13ClN4O3/c1-16-5-7(12)4-8(16)11(18)13-3-2-9-14-10(6-17)19-15-9/h4-5,17H,2-3,6H2,1H3,(H,13,18). The van der Waals surface area contributed by atoms with Crippen molar-refractivity contribution in [1.82, 2.24) is 20.0 Å². The Labute approximate surface area is 114 Å². The Morgan fingerprint density at radius 2 is 2.42 bits per heavy atom. The molecule has 1 amide bonds. The third kappa shape index (κ3) is 3.33. The van der Waals surface area contributed by atoms with Crippen LogP contribution in [0.5, 0.6) is 0 Å². The molecule has 0 aromatic carbocycles. The fourth-order valence-corrected chi connectivity index (χ4v) is 1.83. The van der Waals surface area contributed by atoms with Gasteiger partial charge in [0.1, 0.15) is 12.3 Å². The third-order valence-electron chi connectivity index (χ3n) is 2.48. The van der Waals surface area contributed by atoms with Crippen LogP contribution in [0, 0.1) is 0 Å². The molecule has 2 heterocycles. The Kier molecular flexibility index (Phi) is 4.18. The molecule has 2 aromatic heterocycles. The van der Waals surface area contributed by atoms with Gasteiger partial charge in [-0.3, -0.25) is 4.79 Å². The van der Waals surface area contributed by atoms with Crippen molar-refractivity contribution in [3.8, 4) is 0 Å². The molecule has 0 spiro atoms. The minimum absolute atomic E-state index is 0.163. The van der Waals surface area contributed by atoms with E-state index in [0.717, 1.165) is 0 Å². The normalized spacial score (nSPS) is 10.7. The second-order valence-electron chi connectivity index (χ2n) is 3.92. The van der Waals surface area contributed by atoms with Crippen LogP contribution in [-0.4, -0.2) is 32.3 Å². The second-order valence-corrected chi connectivity index (χ2v) is 4.36. The van der Waals surface area contributed by atoms with Crippen molar-refractivity contribution >= 4 is 17.5 Å². The number of aliphatic hydroxyl groups excluding tert-OH is 1. The van der Waals surface area contributed by atoms with Gasteiger partial charge in [-0.1, -0.05) is 16.8 Å². The van der Waals surface area contributed by atoms with Crippen LogP contribution in [0.4, 0.5) is 0 Å². The van der Waals surface area contributed by atoms with Crippen LogP contribution in [0.1, 0.15) is 22.2 Å². The van der Waals surface area contributed by atoms with Crippen LogP contribution >= 0.6 is 11.6 Å². The molecule has 0 aliphatic heterocycles. The molecule has 2 rings (SSSR count). The molecule has 19 heavy (non-hydrogen) atoms. The minimum atomic E-state index is -0.290. The second kappa shape index (κ2) is 5.85. The first kappa shape index (κ1) is 13.6. The molecule has 102 valence electrons. The van der Waals surface area contributed by atoms with E-state index >= 15 is 0 Å². The molecule has 0 aliphatic carbocycles. The maximum absolute atomic E-state index is 11.8. The van der Waals surface area contributed by atoms with Crippen molar-refractivity contribution in [2.45, 2.75) is 13.0 Å². The fraction of sp³-hybridized carbons (Fsp3) is 0.364. The molecule has 0 unspecified atom stereocenters. The van der Waals surface area contributed by atoms with E-state index in [-0.39, 0.29) is 18.4 Å². The van der Waals surface area contributed by atoms with Gasteiger partial charge in [-0.25, -0.2) is 0 Å². The number of halogens is 1. The summed E-state index contributed by atoms with van der Waals surface area (Å²) >= 11 is 5.80. The number of nitrogens with zero attached hydrogens (tertiary/aromatic N) is 3. The van der Waals surface area contributed by atoms with Gasteiger partial charge < -0.3 is 19.5 Å². The van der Waals surface area contributed by atoms with E-state index in [0.29, 0.717) is 29.5 Å². The number of hydrogen-bond acceptors (Lipinski definition) is 5. The topological polar surface area (TPSA) is 93.2 Å². The molecule has 0 saturated heterocycles. The van der Waals surface area contributed by atoms with Crippen LogP contribution in [0.3, 0.4) is 0 Å². The van der Waals surface area contributed by atoms with E-state index < -0.39 is 0 Å². The Morgan fingerprint density at radius 1 is 1.63 bits per heavy atom. The highest BCUT2D eigenvalue weighted by atomic mass is 35.5. The molecule has 0 aliphatic rings. The summed E-state index contributed by atoms with van der Waals surface area (Å²) in [5, 5.41) is 15.7. The summed E-state index contributed by atoms with van der Waals surface area (Å²) in [5.74, 6) is 0.380. The average molecular weight is 285 g/mol. The average Bonchev–Trinajstić information content (AvgIpc) is 2.95. The van der Waals surface area contributed by atoms with Crippen molar-refractivity contribution < 1.29 is 14.4 Å². The van der Waals surface area contributed by atoms with Crippen LogP contribution < -0.4 is 5.32 Å². The lowest BCUT2D eigenvalue weighted by atomic mass is 10.3. The zero-order chi connectivity index (χ0) is 13.8. The molecule has 0 atom stereocenters. The van der Waals surface area contributed by atoms with E-state index in [9.17, 15) is 4.79 Å². The number of carbonyl (C=O) groups is 1. The number of aromatic nitrogens is 3. The highest BCUT2D eigenvalue weighted by Crippen LogP contribution is 2.12. The Balaban J connectivity index is 1.85. The number of carbonyl (C=O) groups excluding carboxylic acids is 1. The summed E-state index contributed by atoms with van der Waals surface area (Å²) in [4.78, 5) is 15.8. The van der Waals surface area contributed by atoms with E-state index in [1.165, 1.54) is 0 Å². The van der Waals surface area contributed by atoms with Crippen LogP contribution in [0.25, 0.3) is 0 Å². The summed E-state index contributed by atoms with van der Waals surface area (Å²) in [6.45, 7) is 0.0766. The summed E-state index contributed by atoms with van der Waals surface area (Å²) < 4.78 is 6.38. The molecule has 7 nitrogen and oxygen atoms in total. The van der Waals surface area contributed by atoms with Gasteiger partial charge in [-0.2, -0.15) is 4.98 Å². The highest BCUT2D eigenvalue weighted by Gasteiger charge is 2.11. The monoisotopic (exact) mass is 284 g/mol. The maximum Gasteiger partial charge on any atom is 0.267 e. The zero-order valence-electron chi connectivity index (χ0n) is 10.3. The van der Waals surface area contributed by atoms with Crippen molar-refractivity contribution in [3.63, 3.8) is 0 Å². The number of aryl methyl sites for hydroxylation is 1. The van der Waals surface area contributed by atoms with Crippen LogP contribution in [0.2, 0.25) is 5.02 Å². The number of nitrogens with one attached hydrogen (secondary N) is 1. The zero-order valence-corrected chi connectivity index (χ0v) is 11.0. The molecular weight excluding hydrogens is 272 g/mol. The summed E-state index contributed by atoms with van der Waals surface area (Å²) in [6.07, 6.45) is 2.08. The van der Waals surface area contributed by atoms with E-state index in [1.54, 1.807) is 23.9 Å². The summed E-state index contributed by atoms with van der Waals surface area (Å²) in [6, 6.07) is 1.59. The number of aliphatic hydroxyl groups is 1. The maximum atomic E-state index is 11.8. The Morgan fingerprint density at radius 3 is 3.00 bits per heavy atom. The molecule has 2 N–H and O–H groups in total. The number of hydrogen-bond donors (Lipinski definition) is 2. The molecule has 0 radical (unpaired) electrons. The lowest BCUT2D eigenvalue weighted by Crippen LogP contribution is -2.27. The van der Waals surface area contributed by atoms with E-state index in [2.05, 4.69) is 15.5 Å². The van der Waals surface area contributed by atoms with Crippen molar-refractivity contribution in [2.24, 2.45) is 7.05 Å². The lowest BCUT2D eigenvalue weighted by molar-refractivity contribution is 0.0946. The molecule has 8 heteroatoms. The smallest absolute Gasteiger partial charge is 0.267 e. The van der Waals surface area contributed by atoms with Gasteiger partial charge in [0.25, 0.3) is 11.8 Å². The summed E-state index contributed by atoms with van der Waals surface area (Å²) in [7, 11) is 1.74. The SMILES string of the molecule is Cn1cc(Cl)cc1C(=O)NCCc1noc(CO)n1. The van der Waals surface area contributed by atoms with Gasteiger partial charge in [0, 0.05) is 26.2 Å².